The van der Waals surface area contributed by atoms with Gasteiger partial charge in [-0.2, -0.15) is 10.2 Å². The number of nitrogens with zero attached hydrogens (tertiary/aromatic N) is 2. The van der Waals surface area contributed by atoms with Crippen LogP contribution in [-0.4, -0.2) is 27.4 Å². The molecule has 126 valence electrons. The topological polar surface area (TPSA) is 90.4 Å². The van der Waals surface area contributed by atoms with E-state index in [1.165, 1.54) is 0 Å². The highest BCUT2D eigenvalue weighted by molar-refractivity contribution is 5.94. The van der Waals surface area contributed by atoms with E-state index in [1.807, 2.05) is 37.3 Å². The van der Waals surface area contributed by atoms with Crippen molar-refractivity contribution < 1.29 is 9.90 Å². The van der Waals surface area contributed by atoms with Gasteiger partial charge in [0.25, 0.3) is 5.91 Å². The number of benzene rings is 2. The number of phenols is 1. The molecule has 3 N–H and O–H groups in total. The van der Waals surface area contributed by atoms with Gasteiger partial charge in [-0.05, 0) is 37.1 Å². The molecule has 0 saturated heterocycles. The molecule has 0 aliphatic carbocycles. The summed E-state index contributed by atoms with van der Waals surface area (Å²) in [5.74, 6) is -0.257. The molecule has 0 fully saturated rings. The Morgan fingerprint density at radius 1 is 1.20 bits per heavy atom. The van der Waals surface area contributed by atoms with Crippen molar-refractivity contribution in [2.75, 3.05) is 0 Å². The van der Waals surface area contributed by atoms with Crippen LogP contribution in [0.5, 0.6) is 5.75 Å². The van der Waals surface area contributed by atoms with Crippen LogP contribution in [0.25, 0.3) is 11.3 Å². The van der Waals surface area contributed by atoms with Crippen molar-refractivity contribution in [2.24, 2.45) is 5.10 Å². The van der Waals surface area contributed by atoms with Crippen LogP contribution < -0.4 is 5.43 Å². The molecule has 0 saturated carbocycles. The fourth-order valence-corrected chi connectivity index (χ4v) is 2.32. The number of hydrogen-bond acceptors (Lipinski definition) is 4. The van der Waals surface area contributed by atoms with Gasteiger partial charge in [-0.25, -0.2) is 5.43 Å². The van der Waals surface area contributed by atoms with Gasteiger partial charge in [-0.1, -0.05) is 42.0 Å². The van der Waals surface area contributed by atoms with Gasteiger partial charge in [0.2, 0.25) is 0 Å². The fraction of sp³-hybridized carbons (Fsp3) is 0.105. The normalized spacial score (nSPS) is 11.0. The van der Waals surface area contributed by atoms with Crippen molar-refractivity contribution in [3.05, 3.63) is 70.9 Å². The van der Waals surface area contributed by atoms with Crippen molar-refractivity contribution in [1.29, 1.82) is 0 Å². The van der Waals surface area contributed by atoms with E-state index in [0.717, 1.165) is 16.7 Å². The van der Waals surface area contributed by atoms with E-state index < -0.39 is 5.91 Å². The summed E-state index contributed by atoms with van der Waals surface area (Å²) in [6.45, 7) is 3.81. The van der Waals surface area contributed by atoms with Gasteiger partial charge >= 0.3 is 0 Å². The number of aromatic amines is 1. The van der Waals surface area contributed by atoms with Crippen molar-refractivity contribution in [3.63, 3.8) is 0 Å². The highest BCUT2D eigenvalue weighted by Crippen LogP contribution is 2.30. The first-order valence-electron chi connectivity index (χ1n) is 7.79. The molecule has 3 aromatic rings. The van der Waals surface area contributed by atoms with Gasteiger partial charge in [0, 0.05) is 5.56 Å². The number of para-hydroxylation sites is 1. The Kier molecular flexibility index (Phi) is 4.61. The van der Waals surface area contributed by atoms with Gasteiger partial charge in [0.05, 0.1) is 11.9 Å². The number of rotatable bonds is 4. The zero-order chi connectivity index (χ0) is 17.8. The fourth-order valence-electron chi connectivity index (χ4n) is 2.32. The van der Waals surface area contributed by atoms with Crippen LogP contribution in [0.4, 0.5) is 0 Å². The van der Waals surface area contributed by atoms with Crippen LogP contribution in [-0.2, 0) is 0 Å². The lowest BCUT2D eigenvalue weighted by Gasteiger charge is -2.03. The maximum atomic E-state index is 12.1. The largest absolute Gasteiger partial charge is 0.507 e. The highest BCUT2D eigenvalue weighted by Gasteiger charge is 2.13. The number of nitrogens with one attached hydrogen (secondary N) is 2. The number of aromatic nitrogens is 2. The molecule has 0 radical (unpaired) electrons. The number of hydrazone groups is 1. The Bertz CT molecular complexity index is 927. The van der Waals surface area contributed by atoms with E-state index in [-0.39, 0.29) is 11.4 Å². The molecule has 1 amide bonds. The summed E-state index contributed by atoms with van der Waals surface area (Å²) in [7, 11) is 0. The Balaban J connectivity index is 1.70. The third kappa shape index (κ3) is 3.74. The average molecular weight is 334 g/mol. The first kappa shape index (κ1) is 16.4. The van der Waals surface area contributed by atoms with Crippen LogP contribution >= 0.6 is 0 Å². The first-order chi connectivity index (χ1) is 12.0. The van der Waals surface area contributed by atoms with E-state index in [4.69, 9.17) is 0 Å². The average Bonchev–Trinajstić information content (AvgIpc) is 3.09. The highest BCUT2D eigenvalue weighted by atomic mass is 16.3. The van der Waals surface area contributed by atoms with Gasteiger partial charge in [0.15, 0.2) is 0 Å². The number of aromatic hydroxyl groups is 1. The molecular formula is C19H18N4O2. The second-order valence-electron chi connectivity index (χ2n) is 5.75. The number of hydrogen-bond donors (Lipinski definition) is 3. The summed E-state index contributed by atoms with van der Waals surface area (Å²) >= 11 is 0. The molecule has 1 aromatic heterocycles. The van der Waals surface area contributed by atoms with Gasteiger partial charge in [-0.15, -0.1) is 0 Å². The van der Waals surface area contributed by atoms with Crippen LogP contribution in [0.2, 0.25) is 0 Å². The minimum Gasteiger partial charge on any atom is -0.507 e. The van der Waals surface area contributed by atoms with E-state index in [9.17, 15) is 9.90 Å². The molecule has 0 aliphatic heterocycles. The number of carbonyl (C=O) groups excluding carboxylic acids is 1. The molecule has 0 atom stereocenters. The molecule has 0 aliphatic rings. The SMILES string of the molecule is Cc1ccc(/C=N/NC(=O)c2cc(-c3cccc(C)c3O)n[nH]2)cc1. The predicted molar refractivity (Wildman–Crippen MR) is 96.7 cm³/mol. The van der Waals surface area contributed by atoms with E-state index >= 15 is 0 Å². The second kappa shape index (κ2) is 7.00. The molecule has 0 unspecified atom stereocenters. The molecule has 0 spiro atoms. The van der Waals surface area contributed by atoms with Crippen LogP contribution in [0, 0.1) is 13.8 Å². The van der Waals surface area contributed by atoms with Crippen LogP contribution in [0.1, 0.15) is 27.2 Å². The minimum atomic E-state index is -0.408. The van der Waals surface area contributed by atoms with E-state index in [1.54, 1.807) is 31.3 Å². The standard InChI is InChI=1S/C19H18N4O2/c1-12-6-8-14(9-7-12)11-20-23-19(25)17-10-16(21-22-17)15-5-3-4-13(2)18(15)24/h3-11,24H,1-2H3,(H,21,22)(H,23,25)/b20-11+. The molecule has 6 heteroatoms. The third-order valence-electron chi connectivity index (χ3n) is 3.79. The third-order valence-corrected chi connectivity index (χ3v) is 3.79. The number of aryl methyl sites for hydroxylation is 2. The molecule has 0 bridgehead atoms. The number of H-pyrrole nitrogens is 1. The Morgan fingerprint density at radius 2 is 1.96 bits per heavy atom. The lowest BCUT2D eigenvalue weighted by Crippen LogP contribution is -2.17. The zero-order valence-corrected chi connectivity index (χ0v) is 13.9. The number of amides is 1. The monoisotopic (exact) mass is 334 g/mol. The van der Waals surface area contributed by atoms with E-state index in [0.29, 0.717) is 11.3 Å². The Labute approximate surface area is 145 Å². The lowest BCUT2D eigenvalue weighted by molar-refractivity contribution is 0.0950. The van der Waals surface area contributed by atoms with E-state index in [2.05, 4.69) is 20.7 Å². The second-order valence-corrected chi connectivity index (χ2v) is 5.75. The maximum absolute atomic E-state index is 12.1. The zero-order valence-electron chi connectivity index (χ0n) is 13.9. The summed E-state index contributed by atoms with van der Waals surface area (Å²) in [4.78, 5) is 12.1. The van der Waals surface area contributed by atoms with Gasteiger partial charge in [-0.3, -0.25) is 9.89 Å². The summed E-state index contributed by atoms with van der Waals surface area (Å²) < 4.78 is 0. The Morgan fingerprint density at radius 3 is 2.72 bits per heavy atom. The maximum Gasteiger partial charge on any atom is 0.289 e. The molecule has 25 heavy (non-hydrogen) atoms. The van der Waals surface area contributed by atoms with Crippen molar-refractivity contribution in [1.82, 2.24) is 15.6 Å². The molecule has 3 rings (SSSR count). The summed E-state index contributed by atoms with van der Waals surface area (Å²) in [5, 5.41) is 20.8. The van der Waals surface area contributed by atoms with Crippen molar-refractivity contribution in [3.8, 4) is 17.0 Å². The summed E-state index contributed by atoms with van der Waals surface area (Å²) in [5.41, 5.74) is 6.57. The predicted octanol–water partition coefficient (Wildman–Crippen LogP) is 3.16. The van der Waals surface area contributed by atoms with Crippen molar-refractivity contribution >= 4 is 12.1 Å². The number of carbonyl (C=O) groups is 1. The molecule has 6 nitrogen and oxygen atoms in total. The summed E-state index contributed by atoms with van der Waals surface area (Å²) in [6.07, 6.45) is 1.57. The minimum absolute atomic E-state index is 0.151. The molecular weight excluding hydrogens is 316 g/mol. The Hall–Kier alpha value is -3.41. The van der Waals surface area contributed by atoms with Gasteiger partial charge < -0.3 is 5.11 Å². The molecule has 1 heterocycles. The first-order valence-corrected chi connectivity index (χ1v) is 7.79. The summed E-state index contributed by atoms with van der Waals surface area (Å²) in [6, 6.07) is 14.7. The van der Waals surface area contributed by atoms with Gasteiger partial charge in [0.1, 0.15) is 11.4 Å². The van der Waals surface area contributed by atoms with Crippen molar-refractivity contribution in [2.45, 2.75) is 13.8 Å². The smallest absolute Gasteiger partial charge is 0.289 e. The quantitative estimate of drug-likeness (QED) is 0.505. The number of phenolic OH excluding ortho intramolecular Hbond substituents is 1. The van der Waals surface area contributed by atoms with Crippen LogP contribution in [0.3, 0.4) is 0 Å². The lowest BCUT2D eigenvalue weighted by atomic mass is 10.1. The van der Waals surface area contributed by atoms with Crippen LogP contribution in [0.15, 0.2) is 53.6 Å². The molecule has 2 aromatic carbocycles.